The molecule has 2 nitrogen and oxygen atoms in total. The molecule has 0 aromatic rings. The minimum atomic E-state index is -0.184. The van der Waals surface area contributed by atoms with Gasteiger partial charge in [-0.3, -0.25) is 4.79 Å². The molecule has 2 heteroatoms. The Hall–Kier alpha value is -1.23. The van der Waals surface area contributed by atoms with E-state index in [1.54, 1.807) is 6.92 Å². The lowest BCUT2D eigenvalue weighted by Crippen LogP contribution is -2.48. The van der Waals surface area contributed by atoms with Gasteiger partial charge in [0.2, 0.25) is 0 Å². The van der Waals surface area contributed by atoms with E-state index in [2.05, 4.69) is 24.7 Å². The summed E-state index contributed by atoms with van der Waals surface area (Å²) >= 11 is 0. The van der Waals surface area contributed by atoms with Crippen molar-refractivity contribution in [2.75, 3.05) is 0 Å². The summed E-state index contributed by atoms with van der Waals surface area (Å²) in [5, 5.41) is 3.10. The van der Waals surface area contributed by atoms with Crippen molar-refractivity contribution in [3.05, 3.63) is 12.3 Å². The molecule has 0 bridgehead atoms. The van der Waals surface area contributed by atoms with E-state index in [0.717, 1.165) is 12.8 Å². The predicted octanol–water partition coefficient (Wildman–Crippen LogP) is 2.65. The molecule has 88 valence electrons. The van der Waals surface area contributed by atoms with Crippen molar-refractivity contribution in [1.29, 1.82) is 0 Å². The molecule has 1 aliphatic rings. The highest BCUT2D eigenvalue weighted by atomic mass is 16.1. The van der Waals surface area contributed by atoms with E-state index in [1.165, 1.54) is 19.3 Å². The van der Waals surface area contributed by atoms with Gasteiger partial charge in [-0.25, -0.2) is 0 Å². The summed E-state index contributed by atoms with van der Waals surface area (Å²) in [6.07, 6.45) is 11.1. The van der Waals surface area contributed by atoms with Gasteiger partial charge in [0.25, 0.3) is 0 Å². The Morgan fingerprint density at radius 1 is 1.44 bits per heavy atom. The van der Waals surface area contributed by atoms with Crippen LogP contribution >= 0.6 is 0 Å². The Bertz CT molecular complexity index is 318. The third kappa shape index (κ3) is 2.88. The Morgan fingerprint density at radius 2 is 2.00 bits per heavy atom. The number of Topliss-reactive ketones (excluding diaryl/α,β-unsaturated/α-hetero) is 1. The van der Waals surface area contributed by atoms with Gasteiger partial charge in [-0.1, -0.05) is 38.7 Å². The third-order valence-corrected chi connectivity index (χ3v) is 3.59. The Kier molecular flexibility index (Phi) is 4.18. The highest BCUT2D eigenvalue weighted by Gasteiger charge is 2.38. The Labute approximate surface area is 98.5 Å². The van der Waals surface area contributed by atoms with Crippen molar-refractivity contribution < 1.29 is 4.79 Å². The van der Waals surface area contributed by atoms with Gasteiger partial charge in [-0.05, 0) is 25.2 Å². The van der Waals surface area contributed by atoms with Crippen molar-refractivity contribution in [3.63, 3.8) is 0 Å². The first-order chi connectivity index (χ1) is 7.49. The summed E-state index contributed by atoms with van der Waals surface area (Å²) in [6, 6.07) is -0.184. The van der Waals surface area contributed by atoms with Crippen LogP contribution in [0, 0.1) is 17.8 Å². The van der Waals surface area contributed by atoms with Crippen LogP contribution in [0.4, 0.5) is 0 Å². The molecule has 1 atom stereocenters. The van der Waals surface area contributed by atoms with Crippen molar-refractivity contribution in [1.82, 2.24) is 5.32 Å². The summed E-state index contributed by atoms with van der Waals surface area (Å²) in [5.74, 6) is 2.60. The van der Waals surface area contributed by atoms with Crippen LogP contribution in [0.1, 0.15) is 46.0 Å². The molecule has 0 aliphatic heterocycles. The van der Waals surface area contributed by atoms with Gasteiger partial charge in [0.05, 0.1) is 11.7 Å². The SMILES string of the molecule is C#CC(=C)N[C@H](C(C)=O)C1(C)CCCCC1. The number of ketones is 1. The van der Waals surface area contributed by atoms with Crippen LogP contribution in [0.15, 0.2) is 12.3 Å². The van der Waals surface area contributed by atoms with E-state index < -0.39 is 0 Å². The van der Waals surface area contributed by atoms with Gasteiger partial charge >= 0.3 is 0 Å². The summed E-state index contributed by atoms with van der Waals surface area (Å²) in [5.41, 5.74) is 0.538. The molecule has 0 unspecified atom stereocenters. The van der Waals surface area contributed by atoms with E-state index in [4.69, 9.17) is 6.42 Å². The lowest BCUT2D eigenvalue weighted by atomic mass is 9.69. The van der Waals surface area contributed by atoms with Crippen molar-refractivity contribution >= 4 is 5.78 Å². The lowest BCUT2D eigenvalue weighted by molar-refractivity contribution is -0.122. The van der Waals surface area contributed by atoms with E-state index in [-0.39, 0.29) is 17.2 Å². The molecule has 1 saturated carbocycles. The molecule has 0 amide bonds. The van der Waals surface area contributed by atoms with E-state index >= 15 is 0 Å². The molecule has 16 heavy (non-hydrogen) atoms. The van der Waals surface area contributed by atoms with Gasteiger partial charge in [-0.2, -0.15) is 0 Å². The van der Waals surface area contributed by atoms with Crippen LogP contribution in [-0.2, 0) is 4.79 Å². The highest BCUT2D eigenvalue weighted by Crippen LogP contribution is 2.39. The minimum Gasteiger partial charge on any atom is -0.368 e. The number of nitrogens with one attached hydrogen (secondary N) is 1. The molecule has 0 heterocycles. The molecule has 1 rings (SSSR count). The second kappa shape index (κ2) is 5.21. The minimum absolute atomic E-state index is 0.0316. The largest absolute Gasteiger partial charge is 0.368 e. The third-order valence-electron chi connectivity index (χ3n) is 3.59. The number of terminal acetylenes is 1. The number of hydrogen-bond donors (Lipinski definition) is 1. The average molecular weight is 219 g/mol. The summed E-state index contributed by atoms with van der Waals surface area (Å²) in [7, 11) is 0. The first-order valence-corrected chi connectivity index (χ1v) is 5.92. The molecule has 1 aliphatic carbocycles. The molecular weight excluding hydrogens is 198 g/mol. The van der Waals surface area contributed by atoms with Gasteiger partial charge in [-0.15, -0.1) is 6.42 Å². The van der Waals surface area contributed by atoms with Crippen LogP contribution < -0.4 is 5.32 Å². The van der Waals surface area contributed by atoms with Gasteiger partial charge in [0.15, 0.2) is 5.78 Å². The average Bonchev–Trinajstić information content (AvgIpc) is 2.25. The zero-order chi connectivity index (χ0) is 12.2. The summed E-state index contributed by atoms with van der Waals surface area (Å²) in [4.78, 5) is 11.7. The maximum atomic E-state index is 11.7. The monoisotopic (exact) mass is 219 g/mol. The van der Waals surface area contributed by atoms with Crippen LogP contribution in [0.3, 0.4) is 0 Å². The predicted molar refractivity (Wildman–Crippen MR) is 66.8 cm³/mol. The van der Waals surface area contributed by atoms with Gasteiger partial charge in [0, 0.05) is 0 Å². The Balaban J connectivity index is 2.80. The summed E-state index contributed by atoms with van der Waals surface area (Å²) in [6.45, 7) is 7.52. The second-order valence-corrected chi connectivity index (χ2v) is 5.03. The van der Waals surface area contributed by atoms with Crippen LogP contribution in [0.2, 0.25) is 0 Å². The number of hydrogen-bond acceptors (Lipinski definition) is 2. The molecule has 0 spiro atoms. The molecule has 0 aromatic heterocycles. The number of carbonyl (C=O) groups excluding carboxylic acids is 1. The molecule has 0 aromatic carbocycles. The van der Waals surface area contributed by atoms with Crippen LogP contribution in [-0.4, -0.2) is 11.8 Å². The normalized spacial score (nSPS) is 20.6. The zero-order valence-electron chi connectivity index (χ0n) is 10.3. The molecule has 1 fully saturated rings. The number of allylic oxidation sites excluding steroid dienone is 1. The molecule has 0 radical (unpaired) electrons. The number of rotatable bonds is 4. The van der Waals surface area contributed by atoms with E-state index in [9.17, 15) is 4.79 Å². The summed E-state index contributed by atoms with van der Waals surface area (Å²) < 4.78 is 0. The maximum absolute atomic E-state index is 11.7. The highest BCUT2D eigenvalue weighted by molar-refractivity contribution is 5.82. The topological polar surface area (TPSA) is 29.1 Å². The number of carbonyl (C=O) groups is 1. The molecule has 0 saturated heterocycles. The molecular formula is C14H21NO. The van der Waals surface area contributed by atoms with E-state index in [0.29, 0.717) is 5.70 Å². The van der Waals surface area contributed by atoms with Crippen molar-refractivity contribution in [2.24, 2.45) is 5.41 Å². The quantitative estimate of drug-likeness (QED) is 0.736. The molecule has 1 N–H and O–H groups in total. The maximum Gasteiger partial charge on any atom is 0.152 e. The van der Waals surface area contributed by atoms with Crippen molar-refractivity contribution in [2.45, 2.75) is 52.0 Å². The fourth-order valence-corrected chi connectivity index (χ4v) is 2.63. The zero-order valence-corrected chi connectivity index (χ0v) is 10.3. The van der Waals surface area contributed by atoms with E-state index in [1.807, 2.05) is 0 Å². The first kappa shape index (κ1) is 12.8. The van der Waals surface area contributed by atoms with Gasteiger partial charge < -0.3 is 5.32 Å². The lowest BCUT2D eigenvalue weighted by Gasteiger charge is -2.40. The van der Waals surface area contributed by atoms with Gasteiger partial charge in [0.1, 0.15) is 0 Å². The van der Waals surface area contributed by atoms with Crippen LogP contribution in [0.25, 0.3) is 0 Å². The van der Waals surface area contributed by atoms with Crippen molar-refractivity contribution in [3.8, 4) is 12.3 Å². The second-order valence-electron chi connectivity index (χ2n) is 5.03. The van der Waals surface area contributed by atoms with Crippen LogP contribution in [0.5, 0.6) is 0 Å². The first-order valence-electron chi connectivity index (χ1n) is 5.92. The Morgan fingerprint density at radius 3 is 2.44 bits per heavy atom. The fraction of sp³-hybridized carbons (Fsp3) is 0.643. The fourth-order valence-electron chi connectivity index (χ4n) is 2.63. The smallest absolute Gasteiger partial charge is 0.152 e. The standard InChI is InChI=1S/C14H21NO/c1-5-11(2)15-13(12(3)16)14(4)9-7-6-8-10-14/h1,13,15H,2,6-10H2,3-4H3/t13-/m1/s1.